The van der Waals surface area contributed by atoms with Crippen LogP contribution in [0.2, 0.25) is 0 Å². The van der Waals surface area contributed by atoms with Gasteiger partial charge in [-0.05, 0) is 38.7 Å². The SMILES string of the molecule is CC#CC.OC1CCCCOC1c1ccccc1. The number of benzene rings is 1. The van der Waals surface area contributed by atoms with Crippen LogP contribution in [0.1, 0.15) is 44.8 Å². The molecular weight excluding hydrogens is 224 g/mol. The van der Waals surface area contributed by atoms with E-state index >= 15 is 0 Å². The largest absolute Gasteiger partial charge is 0.390 e. The molecule has 2 rings (SSSR count). The van der Waals surface area contributed by atoms with E-state index in [1.54, 1.807) is 0 Å². The predicted molar refractivity (Wildman–Crippen MR) is 74.1 cm³/mol. The maximum Gasteiger partial charge on any atom is 0.108 e. The lowest BCUT2D eigenvalue weighted by molar-refractivity contribution is -0.0269. The molecule has 0 aromatic heterocycles. The lowest BCUT2D eigenvalue weighted by Gasteiger charge is -2.20. The molecule has 18 heavy (non-hydrogen) atoms. The Kier molecular flexibility index (Phi) is 7.17. The summed E-state index contributed by atoms with van der Waals surface area (Å²) in [6.45, 7) is 4.40. The fourth-order valence-electron chi connectivity index (χ4n) is 1.89. The Hall–Kier alpha value is -1.30. The molecule has 1 aromatic carbocycles. The molecule has 1 aliphatic rings. The summed E-state index contributed by atoms with van der Waals surface area (Å²) in [5, 5.41) is 9.88. The minimum Gasteiger partial charge on any atom is -0.390 e. The van der Waals surface area contributed by atoms with Gasteiger partial charge in [0.25, 0.3) is 0 Å². The molecule has 98 valence electrons. The van der Waals surface area contributed by atoms with Gasteiger partial charge in [0.05, 0.1) is 6.10 Å². The average molecular weight is 246 g/mol. The van der Waals surface area contributed by atoms with E-state index in [0.717, 1.165) is 31.4 Å². The molecule has 1 aliphatic heterocycles. The van der Waals surface area contributed by atoms with E-state index in [-0.39, 0.29) is 12.2 Å². The first kappa shape index (κ1) is 14.8. The molecule has 1 N–H and O–H groups in total. The molecule has 0 bridgehead atoms. The van der Waals surface area contributed by atoms with Crippen LogP contribution in [-0.2, 0) is 4.74 Å². The van der Waals surface area contributed by atoms with E-state index in [9.17, 15) is 5.11 Å². The molecular formula is C16H22O2. The quantitative estimate of drug-likeness (QED) is 0.770. The molecule has 2 heteroatoms. The maximum atomic E-state index is 9.88. The number of aliphatic hydroxyl groups is 1. The lowest BCUT2D eigenvalue weighted by Crippen LogP contribution is -2.19. The highest BCUT2D eigenvalue weighted by Crippen LogP contribution is 2.27. The van der Waals surface area contributed by atoms with Crippen molar-refractivity contribution in [3.8, 4) is 11.8 Å². The normalized spacial score (nSPS) is 22.8. The highest BCUT2D eigenvalue weighted by molar-refractivity contribution is 5.18. The van der Waals surface area contributed by atoms with Crippen molar-refractivity contribution >= 4 is 0 Å². The van der Waals surface area contributed by atoms with Crippen molar-refractivity contribution in [3.63, 3.8) is 0 Å². The van der Waals surface area contributed by atoms with Gasteiger partial charge in [-0.25, -0.2) is 0 Å². The predicted octanol–water partition coefficient (Wildman–Crippen LogP) is 3.32. The van der Waals surface area contributed by atoms with Crippen LogP contribution in [0.25, 0.3) is 0 Å². The molecule has 0 spiro atoms. The van der Waals surface area contributed by atoms with Crippen molar-refractivity contribution in [1.29, 1.82) is 0 Å². The van der Waals surface area contributed by atoms with Crippen LogP contribution in [0.4, 0.5) is 0 Å². The Labute approximate surface area is 110 Å². The smallest absolute Gasteiger partial charge is 0.108 e. The van der Waals surface area contributed by atoms with Gasteiger partial charge in [0.1, 0.15) is 6.10 Å². The molecule has 0 amide bonds. The van der Waals surface area contributed by atoms with Crippen molar-refractivity contribution in [3.05, 3.63) is 35.9 Å². The Bertz CT molecular complexity index is 369. The number of hydrogen-bond acceptors (Lipinski definition) is 2. The zero-order chi connectivity index (χ0) is 13.2. The summed E-state index contributed by atoms with van der Waals surface area (Å²) in [5.41, 5.74) is 1.09. The summed E-state index contributed by atoms with van der Waals surface area (Å²) in [4.78, 5) is 0. The monoisotopic (exact) mass is 246 g/mol. The Morgan fingerprint density at radius 3 is 2.39 bits per heavy atom. The number of rotatable bonds is 1. The molecule has 2 unspecified atom stereocenters. The van der Waals surface area contributed by atoms with Crippen LogP contribution >= 0.6 is 0 Å². The molecule has 1 heterocycles. The van der Waals surface area contributed by atoms with Gasteiger partial charge < -0.3 is 9.84 Å². The first-order chi connectivity index (χ1) is 8.79. The van der Waals surface area contributed by atoms with Gasteiger partial charge in [0.15, 0.2) is 0 Å². The van der Waals surface area contributed by atoms with E-state index in [1.807, 2.05) is 44.2 Å². The third kappa shape index (κ3) is 4.91. The highest BCUT2D eigenvalue weighted by atomic mass is 16.5. The molecule has 1 aromatic rings. The Balaban J connectivity index is 0.000000357. The summed E-state index contributed by atoms with van der Waals surface area (Å²) in [6, 6.07) is 9.97. The second-order valence-corrected chi connectivity index (χ2v) is 4.27. The molecule has 1 fully saturated rings. The molecule has 0 radical (unpaired) electrons. The standard InChI is InChI=1S/C12H16O2.C4H6/c13-11-8-4-5-9-14-12(11)10-6-2-1-3-7-10;1-3-4-2/h1-3,6-7,11-13H,4-5,8-9H2;1-2H3. The third-order valence-electron chi connectivity index (χ3n) is 2.92. The summed E-state index contributed by atoms with van der Waals surface area (Å²) in [6.07, 6.45) is 2.49. The first-order valence-electron chi connectivity index (χ1n) is 6.47. The highest BCUT2D eigenvalue weighted by Gasteiger charge is 2.23. The second kappa shape index (κ2) is 8.74. The van der Waals surface area contributed by atoms with E-state index in [0.29, 0.717) is 0 Å². The van der Waals surface area contributed by atoms with Gasteiger partial charge >= 0.3 is 0 Å². The summed E-state index contributed by atoms with van der Waals surface area (Å²) >= 11 is 0. The minimum atomic E-state index is -0.347. The van der Waals surface area contributed by atoms with Gasteiger partial charge in [-0.3, -0.25) is 0 Å². The molecule has 1 saturated heterocycles. The molecule has 0 saturated carbocycles. The van der Waals surface area contributed by atoms with Crippen LogP contribution in [0.15, 0.2) is 30.3 Å². The zero-order valence-corrected chi connectivity index (χ0v) is 11.2. The molecule has 2 nitrogen and oxygen atoms in total. The summed E-state index contributed by atoms with van der Waals surface area (Å²) < 4.78 is 5.65. The van der Waals surface area contributed by atoms with Gasteiger partial charge in [-0.1, -0.05) is 30.3 Å². The van der Waals surface area contributed by atoms with E-state index in [4.69, 9.17) is 4.74 Å². The minimum absolute atomic E-state index is 0.126. The lowest BCUT2D eigenvalue weighted by atomic mass is 10.0. The number of aliphatic hydroxyl groups excluding tert-OH is 1. The van der Waals surface area contributed by atoms with Crippen molar-refractivity contribution < 1.29 is 9.84 Å². The molecule has 2 atom stereocenters. The maximum absolute atomic E-state index is 9.88. The summed E-state index contributed by atoms with van der Waals surface area (Å²) in [5.74, 6) is 5.36. The third-order valence-corrected chi connectivity index (χ3v) is 2.92. The Morgan fingerprint density at radius 2 is 1.78 bits per heavy atom. The molecule has 0 aliphatic carbocycles. The Morgan fingerprint density at radius 1 is 1.11 bits per heavy atom. The van der Waals surface area contributed by atoms with Crippen LogP contribution in [0, 0.1) is 11.8 Å². The topological polar surface area (TPSA) is 29.5 Å². The van der Waals surface area contributed by atoms with Gasteiger partial charge in [-0.2, -0.15) is 0 Å². The second-order valence-electron chi connectivity index (χ2n) is 4.27. The van der Waals surface area contributed by atoms with Crippen molar-refractivity contribution in [2.24, 2.45) is 0 Å². The van der Waals surface area contributed by atoms with Crippen LogP contribution in [-0.4, -0.2) is 17.8 Å². The zero-order valence-electron chi connectivity index (χ0n) is 11.2. The number of hydrogen-bond donors (Lipinski definition) is 1. The van der Waals surface area contributed by atoms with E-state index in [2.05, 4.69) is 11.8 Å². The van der Waals surface area contributed by atoms with Gasteiger partial charge in [0, 0.05) is 6.61 Å². The van der Waals surface area contributed by atoms with Crippen LogP contribution in [0.3, 0.4) is 0 Å². The number of ether oxygens (including phenoxy) is 1. The fourth-order valence-corrected chi connectivity index (χ4v) is 1.89. The van der Waals surface area contributed by atoms with E-state index in [1.165, 1.54) is 0 Å². The van der Waals surface area contributed by atoms with Crippen LogP contribution in [0.5, 0.6) is 0 Å². The average Bonchev–Trinajstić information content (AvgIpc) is 2.65. The first-order valence-corrected chi connectivity index (χ1v) is 6.47. The fraction of sp³-hybridized carbons (Fsp3) is 0.500. The van der Waals surface area contributed by atoms with E-state index < -0.39 is 0 Å². The summed E-state index contributed by atoms with van der Waals surface area (Å²) in [7, 11) is 0. The van der Waals surface area contributed by atoms with Crippen molar-refractivity contribution in [2.45, 2.75) is 45.3 Å². The van der Waals surface area contributed by atoms with Gasteiger partial charge in [0.2, 0.25) is 0 Å². The van der Waals surface area contributed by atoms with Gasteiger partial charge in [-0.15, -0.1) is 11.8 Å². The van der Waals surface area contributed by atoms with Crippen molar-refractivity contribution in [1.82, 2.24) is 0 Å². The van der Waals surface area contributed by atoms with Crippen molar-refractivity contribution in [2.75, 3.05) is 6.61 Å². The van der Waals surface area contributed by atoms with Crippen LogP contribution < -0.4 is 0 Å².